The Kier molecular flexibility index (Phi) is 4.15. The van der Waals surface area contributed by atoms with E-state index in [0.29, 0.717) is 17.8 Å². The van der Waals surface area contributed by atoms with Gasteiger partial charge in [0.15, 0.2) is 0 Å². The van der Waals surface area contributed by atoms with Crippen molar-refractivity contribution < 1.29 is 0 Å². The Morgan fingerprint density at radius 2 is 2.13 bits per heavy atom. The van der Waals surface area contributed by atoms with Gasteiger partial charge in [-0.2, -0.15) is 5.10 Å². The fourth-order valence-electron chi connectivity index (χ4n) is 1.47. The van der Waals surface area contributed by atoms with Crippen molar-refractivity contribution in [2.45, 2.75) is 33.4 Å². The molecule has 4 heteroatoms. The largest absolute Gasteiger partial charge is 0.382 e. The molecule has 1 aromatic heterocycles. The number of rotatable bonds is 5. The van der Waals surface area contributed by atoms with Crippen LogP contribution in [0.15, 0.2) is 12.3 Å². The average Bonchev–Trinajstić information content (AvgIpc) is 2.59. The molecule has 0 aliphatic carbocycles. The van der Waals surface area contributed by atoms with Crippen molar-refractivity contribution in [2.75, 3.05) is 19.3 Å². The van der Waals surface area contributed by atoms with E-state index in [1.54, 1.807) is 0 Å². The van der Waals surface area contributed by atoms with Crippen LogP contribution >= 0.6 is 0 Å². The fraction of sp³-hybridized carbons (Fsp3) is 0.727. The molecule has 1 rings (SSSR count). The van der Waals surface area contributed by atoms with Gasteiger partial charge in [-0.3, -0.25) is 4.68 Å². The van der Waals surface area contributed by atoms with E-state index in [-0.39, 0.29) is 0 Å². The number of nitrogens with two attached hydrogens (primary N) is 1. The molecule has 1 heterocycles. The summed E-state index contributed by atoms with van der Waals surface area (Å²) in [6.45, 7) is 8.63. The van der Waals surface area contributed by atoms with E-state index in [2.05, 4.69) is 37.8 Å². The molecule has 0 aliphatic rings. The van der Waals surface area contributed by atoms with Gasteiger partial charge in [0, 0.05) is 18.8 Å². The molecule has 0 bridgehead atoms. The summed E-state index contributed by atoms with van der Waals surface area (Å²) in [5.41, 5.74) is 5.55. The minimum Gasteiger partial charge on any atom is -0.382 e. The summed E-state index contributed by atoms with van der Waals surface area (Å²) in [4.78, 5) is 2.35. The quantitative estimate of drug-likeness (QED) is 0.800. The monoisotopic (exact) mass is 210 g/mol. The lowest BCUT2D eigenvalue weighted by Gasteiger charge is -2.27. The molecule has 0 radical (unpaired) electrons. The fourth-order valence-corrected chi connectivity index (χ4v) is 1.47. The summed E-state index contributed by atoms with van der Waals surface area (Å²) < 4.78 is 1.89. The van der Waals surface area contributed by atoms with E-state index in [0.717, 1.165) is 13.1 Å². The minimum absolute atomic E-state index is 0.592. The first-order valence-corrected chi connectivity index (χ1v) is 5.50. The summed E-state index contributed by atoms with van der Waals surface area (Å²) in [6, 6.07) is 2.42. The van der Waals surface area contributed by atoms with E-state index < -0.39 is 0 Å². The van der Waals surface area contributed by atoms with Gasteiger partial charge in [0.2, 0.25) is 0 Å². The number of likely N-dealkylation sites (N-methyl/N-ethyl adjacent to an activating group) is 1. The lowest BCUT2D eigenvalue weighted by Crippen LogP contribution is -2.35. The summed E-state index contributed by atoms with van der Waals surface area (Å²) in [7, 11) is 2.15. The van der Waals surface area contributed by atoms with E-state index in [1.807, 2.05) is 16.9 Å². The molecule has 0 aromatic carbocycles. The highest BCUT2D eigenvalue weighted by Crippen LogP contribution is 2.07. The predicted octanol–water partition coefficient (Wildman–Crippen LogP) is 1.44. The van der Waals surface area contributed by atoms with Gasteiger partial charge >= 0.3 is 0 Å². The SMILES string of the molecule is CC(C)C(C)N(C)CCn1ccc(N)n1. The Labute approximate surface area is 92.1 Å². The molecular formula is C11H22N4. The number of hydrogen-bond donors (Lipinski definition) is 1. The molecule has 4 nitrogen and oxygen atoms in total. The van der Waals surface area contributed by atoms with Gasteiger partial charge in [0.05, 0.1) is 6.54 Å². The van der Waals surface area contributed by atoms with Crippen molar-refractivity contribution in [1.82, 2.24) is 14.7 Å². The second-order valence-electron chi connectivity index (χ2n) is 4.47. The molecule has 0 spiro atoms. The zero-order valence-electron chi connectivity index (χ0n) is 10.1. The molecule has 0 aliphatic heterocycles. The lowest BCUT2D eigenvalue weighted by molar-refractivity contribution is 0.199. The van der Waals surface area contributed by atoms with E-state index in [1.165, 1.54) is 0 Å². The van der Waals surface area contributed by atoms with Gasteiger partial charge in [-0.05, 0) is 26.0 Å². The predicted molar refractivity (Wildman–Crippen MR) is 63.6 cm³/mol. The topological polar surface area (TPSA) is 47.1 Å². The summed E-state index contributed by atoms with van der Waals surface area (Å²) in [6.07, 6.45) is 1.92. The van der Waals surface area contributed by atoms with Crippen LogP contribution < -0.4 is 5.73 Å². The summed E-state index contributed by atoms with van der Waals surface area (Å²) in [5.74, 6) is 1.27. The second-order valence-corrected chi connectivity index (χ2v) is 4.47. The molecule has 1 aromatic rings. The highest BCUT2D eigenvalue weighted by Gasteiger charge is 2.12. The molecule has 0 saturated carbocycles. The normalized spacial score (nSPS) is 13.7. The lowest BCUT2D eigenvalue weighted by atomic mass is 10.1. The van der Waals surface area contributed by atoms with Crippen LogP contribution in [0.1, 0.15) is 20.8 Å². The third kappa shape index (κ3) is 3.55. The summed E-state index contributed by atoms with van der Waals surface area (Å²) >= 11 is 0. The number of nitrogens with zero attached hydrogens (tertiary/aromatic N) is 3. The van der Waals surface area contributed by atoms with Crippen LogP contribution in [0.2, 0.25) is 0 Å². The number of aromatic nitrogens is 2. The smallest absolute Gasteiger partial charge is 0.145 e. The number of hydrogen-bond acceptors (Lipinski definition) is 3. The molecular weight excluding hydrogens is 188 g/mol. The van der Waals surface area contributed by atoms with Crippen molar-refractivity contribution >= 4 is 5.82 Å². The van der Waals surface area contributed by atoms with Crippen molar-refractivity contribution in [2.24, 2.45) is 5.92 Å². The van der Waals surface area contributed by atoms with Crippen molar-refractivity contribution in [3.8, 4) is 0 Å². The maximum absolute atomic E-state index is 5.55. The second kappa shape index (κ2) is 5.16. The van der Waals surface area contributed by atoms with Crippen molar-refractivity contribution in [3.63, 3.8) is 0 Å². The highest BCUT2D eigenvalue weighted by molar-refractivity contribution is 5.23. The highest BCUT2D eigenvalue weighted by atomic mass is 15.3. The molecule has 2 N–H and O–H groups in total. The van der Waals surface area contributed by atoms with E-state index in [9.17, 15) is 0 Å². The molecule has 1 unspecified atom stereocenters. The van der Waals surface area contributed by atoms with Gasteiger partial charge in [-0.15, -0.1) is 0 Å². The number of anilines is 1. The van der Waals surface area contributed by atoms with Crippen molar-refractivity contribution in [1.29, 1.82) is 0 Å². The Morgan fingerprint density at radius 1 is 1.47 bits per heavy atom. The Morgan fingerprint density at radius 3 is 2.60 bits per heavy atom. The van der Waals surface area contributed by atoms with Crippen LogP contribution in [0.25, 0.3) is 0 Å². The zero-order chi connectivity index (χ0) is 11.4. The summed E-state index contributed by atoms with van der Waals surface area (Å²) in [5, 5.41) is 4.15. The van der Waals surface area contributed by atoms with Crippen molar-refractivity contribution in [3.05, 3.63) is 12.3 Å². The van der Waals surface area contributed by atoms with Crippen LogP contribution in [-0.2, 0) is 6.54 Å². The molecule has 15 heavy (non-hydrogen) atoms. The Bertz CT molecular complexity index is 293. The first-order chi connectivity index (χ1) is 7.00. The van der Waals surface area contributed by atoms with Crippen LogP contribution in [0.4, 0.5) is 5.82 Å². The molecule has 0 fully saturated rings. The standard InChI is InChI=1S/C11H22N4/c1-9(2)10(3)14(4)7-8-15-6-5-11(12)13-15/h5-6,9-10H,7-8H2,1-4H3,(H2,12,13). The molecule has 1 atom stereocenters. The maximum atomic E-state index is 5.55. The number of nitrogen functional groups attached to an aromatic ring is 1. The minimum atomic E-state index is 0.592. The third-order valence-corrected chi connectivity index (χ3v) is 3.00. The first-order valence-electron chi connectivity index (χ1n) is 5.50. The van der Waals surface area contributed by atoms with Crippen LogP contribution in [0.3, 0.4) is 0 Å². The van der Waals surface area contributed by atoms with Gasteiger partial charge in [-0.1, -0.05) is 13.8 Å². The molecule has 86 valence electrons. The van der Waals surface area contributed by atoms with E-state index >= 15 is 0 Å². The first kappa shape index (κ1) is 12.0. The van der Waals surface area contributed by atoms with Crippen LogP contribution in [-0.4, -0.2) is 34.3 Å². The van der Waals surface area contributed by atoms with Gasteiger partial charge in [-0.25, -0.2) is 0 Å². The van der Waals surface area contributed by atoms with E-state index in [4.69, 9.17) is 5.73 Å². The van der Waals surface area contributed by atoms with Gasteiger partial charge < -0.3 is 10.6 Å². The van der Waals surface area contributed by atoms with Gasteiger partial charge in [0.25, 0.3) is 0 Å². The molecule has 0 amide bonds. The zero-order valence-corrected chi connectivity index (χ0v) is 10.1. The Balaban J connectivity index is 2.37. The van der Waals surface area contributed by atoms with Crippen LogP contribution in [0.5, 0.6) is 0 Å². The Hall–Kier alpha value is -1.03. The van der Waals surface area contributed by atoms with Crippen LogP contribution in [0, 0.1) is 5.92 Å². The molecule has 0 saturated heterocycles. The average molecular weight is 210 g/mol. The third-order valence-electron chi connectivity index (χ3n) is 3.00. The maximum Gasteiger partial charge on any atom is 0.145 e. The van der Waals surface area contributed by atoms with Gasteiger partial charge in [0.1, 0.15) is 5.82 Å².